The third-order valence-electron chi connectivity index (χ3n) is 1.84. The zero-order chi connectivity index (χ0) is 11.1. The smallest absolute Gasteiger partial charge is 0.225 e. The molecule has 1 aromatic rings. The summed E-state index contributed by atoms with van der Waals surface area (Å²) in [6.45, 7) is 0. The van der Waals surface area contributed by atoms with Gasteiger partial charge in [-0.1, -0.05) is 0 Å². The Balaban J connectivity index is 2.50. The minimum absolute atomic E-state index is 0.151. The highest BCUT2D eigenvalue weighted by molar-refractivity contribution is 5.90. The summed E-state index contributed by atoms with van der Waals surface area (Å²) >= 11 is 0. The predicted molar refractivity (Wildman–Crippen MR) is 56.5 cm³/mol. The van der Waals surface area contributed by atoms with Gasteiger partial charge in [0, 0.05) is 18.5 Å². The molecule has 4 nitrogen and oxygen atoms in total. The number of nitriles is 1. The number of rotatable bonds is 4. The molecule has 0 heterocycles. The van der Waals surface area contributed by atoms with Gasteiger partial charge in [-0.3, -0.25) is 4.79 Å². The van der Waals surface area contributed by atoms with Gasteiger partial charge in [0.2, 0.25) is 5.91 Å². The zero-order valence-corrected chi connectivity index (χ0v) is 8.49. The van der Waals surface area contributed by atoms with Crippen molar-refractivity contribution in [1.29, 1.82) is 5.26 Å². The van der Waals surface area contributed by atoms with Crippen molar-refractivity contribution in [2.75, 3.05) is 12.4 Å². The Bertz CT molecular complexity index is 365. The maximum Gasteiger partial charge on any atom is 0.225 e. The highest BCUT2D eigenvalue weighted by Gasteiger charge is 2.01. The van der Waals surface area contributed by atoms with Crippen molar-refractivity contribution in [2.24, 2.45) is 0 Å². The van der Waals surface area contributed by atoms with Gasteiger partial charge in [0.1, 0.15) is 5.75 Å². The Kier molecular flexibility index (Phi) is 4.17. The predicted octanol–water partition coefficient (Wildman–Crippen LogP) is 1.94. The van der Waals surface area contributed by atoms with Crippen molar-refractivity contribution < 1.29 is 9.53 Å². The molecule has 0 saturated carbocycles. The third-order valence-corrected chi connectivity index (χ3v) is 1.84. The molecule has 0 radical (unpaired) electrons. The van der Waals surface area contributed by atoms with E-state index in [2.05, 4.69) is 5.32 Å². The molecule has 15 heavy (non-hydrogen) atoms. The Hall–Kier alpha value is -2.02. The van der Waals surface area contributed by atoms with Crippen LogP contribution in [0.25, 0.3) is 0 Å². The van der Waals surface area contributed by atoms with Gasteiger partial charge in [0.15, 0.2) is 0 Å². The molecule has 1 N–H and O–H groups in total. The molecule has 0 atom stereocenters. The first-order chi connectivity index (χ1) is 7.26. The summed E-state index contributed by atoms with van der Waals surface area (Å²) in [7, 11) is 1.58. The fraction of sp³-hybridized carbons (Fsp3) is 0.273. The molecule has 0 bridgehead atoms. The maximum absolute atomic E-state index is 11.2. The minimum Gasteiger partial charge on any atom is -0.497 e. The molecular formula is C11H12N2O2. The maximum atomic E-state index is 11.2. The van der Waals surface area contributed by atoms with Crippen LogP contribution in [0.5, 0.6) is 5.75 Å². The van der Waals surface area contributed by atoms with Gasteiger partial charge in [0.05, 0.1) is 13.2 Å². The van der Waals surface area contributed by atoms with E-state index in [0.717, 1.165) is 5.75 Å². The highest BCUT2D eigenvalue weighted by Crippen LogP contribution is 2.15. The van der Waals surface area contributed by atoms with E-state index in [4.69, 9.17) is 10.00 Å². The topological polar surface area (TPSA) is 62.1 Å². The Labute approximate surface area is 88.5 Å². The van der Waals surface area contributed by atoms with E-state index in [9.17, 15) is 4.79 Å². The van der Waals surface area contributed by atoms with Crippen molar-refractivity contribution in [3.05, 3.63) is 24.3 Å². The fourth-order valence-electron chi connectivity index (χ4n) is 1.07. The van der Waals surface area contributed by atoms with Crippen molar-refractivity contribution in [3.8, 4) is 11.8 Å². The first kappa shape index (κ1) is 11.1. The van der Waals surface area contributed by atoms with Gasteiger partial charge in [-0.05, 0) is 24.3 Å². The average molecular weight is 204 g/mol. The second-order valence-corrected chi connectivity index (χ2v) is 2.93. The minimum atomic E-state index is -0.151. The molecule has 78 valence electrons. The molecule has 0 aliphatic carbocycles. The number of anilines is 1. The van der Waals surface area contributed by atoms with Crippen molar-refractivity contribution in [3.63, 3.8) is 0 Å². The Morgan fingerprint density at radius 1 is 1.47 bits per heavy atom. The van der Waals surface area contributed by atoms with Crippen molar-refractivity contribution in [2.45, 2.75) is 12.8 Å². The molecule has 0 saturated heterocycles. The van der Waals surface area contributed by atoms with Crippen LogP contribution >= 0.6 is 0 Å². The summed E-state index contributed by atoms with van der Waals surface area (Å²) in [5, 5.41) is 11.0. The van der Waals surface area contributed by atoms with E-state index in [1.54, 1.807) is 31.4 Å². The van der Waals surface area contributed by atoms with Crippen LogP contribution in [-0.2, 0) is 4.79 Å². The number of ether oxygens (including phenoxy) is 1. The molecule has 0 aromatic heterocycles. The lowest BCUT2D eigenvalue weighted by Gasteiger charge is -2.04. The molecule has 4 heteroatoms. The van der Waals surface area contributed by atoms with Gasteiger partial charge in [-0.2, -0.15) is 5.26 Å². The number of nitrogens with one attached hydrogen (secondary N) is 1. The zero-order valence-electron chi connectivity index (χ0n) is 8.49. The number of benzene rings is 1. The Morgan fingerprint density at radius 2 is 2.13 bits per heavy atom. The van der Waals surface area contributed by atoms with Crippen LogP contribution in [0.1, 0.15) is 12.8 Å². The Morgan fingerprint density at radius 3 is 2.67 bits per heavy atom. The average Bonchev–Trinajstić information content (AvgIpc) is 2.27. The molecule has 1 amide bonds. The summed E-state index contributed by atoms with van der Waals surface area (Å²) < 4.78 is 4.98. The van der Waals surface area contributed by atoms with Gasteiger partial charge < -0.3 is 10.1 Å². The largest absolute Gasteiger partial charge is 0.497 e. The summed E-state index contributed by atoms with van der Waals surface area (Å²) in [6, 6.07) is 8.96. The van der Waals surface area contributed by atoms with E-state index in [1.165, 1.54) is 0 Å². The number of methoxy groups -OCH3 is 1. The summed E-state index contributed by atoms with van der Waals surface area (Å²) in [5.74, 6) is 0.590. The molecule has 1 aromatic carbocycles. The van der Waals surface area contributed by atoms with E-state index in [0.29, 0.717) is 5.69 Å². The summed E-state index contributed by atoms with van der Waals surface area (Å²) in [5.41, 5.74) is 0.707. The van der Waals surface area contributed by atoms with Crippen molar-refractivity contribution >= 4 is 11.6 Å². The van der Waals surface area contributed by atoms with Gasteiger partial charge >= 0.3 is 0 Å². The number of hydrogen-bond acceptors (Lipinski definition) is 3. The lowest BCUT2D eigenvalue weighted by atomic mass is 10.2. The number of amides is 1. The van der Waals surface area contributed by atoms with Crippen molar-refractivity contribution in [1.82, 2.24) is 0 Å². The van der Waals surface area contributed by atoms with Crippen LogP contribution in [0.3, 0.4) is 0 Å². The molecular weight excluding hydrogens is 192 g/mol. The van der Waals surface area contributed by atoms with E-state index in [1.807, 2.05) is 6.07 Å². The van der Waals surface area contributed by atoms with Gasteiger partial charge in [0.25, 0.3) is 0 Å². The number of carbonyl (C=O) groups excluding carboxylic acids is 1. The number of nitrogens with zero attached hydrogens (tertiary/aromatic N) is 1. The van der Waals surface area contributed by atoms with Crippen LogP contribution in [-0.4, -0.2) is 13.0 Å². The molecule has 0 aliphatic rings. The highest BCUT2D eigenvalue weighted by atomic mass is 16.5. The summed E-state index contributed by atoms with van der Waals surface area (Å²) in [6.07, 6.45) is 0.463. The molecule has 0 aliphatic heterocycles. The molecule has 0 fully saturated rings. The number of hydrogen-bond donors (Lipinski definition) is 1. The van der Waals surface area contributed by atoms with E-state index in [-0.39, 0.29) is 18.7 Å². The summed E-state index contributed by atoms with van der Waals surface area (Å²) in [4.78, 5) is 11.2. The molecule has 1 rings (SSSR count). The van der Waals surface area contributed by atoms with Crippen LogP contribution in [0.2, 0.25) is 0 Å². The molecule has 0 unspecified atom stereocenters. The SMILES string of the molecule is COc1ccc(NC(=O)CCC#N)cc1. The number of carbonyl (C=O) groups is 1. The van der Waals surface area contributed by atoms with E-state index < -0.39 is 0 Å². The lowest BCUT2D eigenvalue weighted by molar-refractivity contribution is -0.116. The van der Waals surface area contributed by atoms with E-state index >= 15 is 0 Å². The molecule has 0 spiro atoms. The quantitative estimate of drug-likeness (QED) is 0.815. The third kappa shape index (κ3) is 3.69. The monoisotopic (exact) mass is 204 g/mol. The normalized spacial score (nSPS) is 9.07. The van der Waals surface area contributed by atoms with Crippen LogP contribution in [0.15, 0.2) is 24.3 Å². The lowest BCUT2D eigenvalue weighted by Crippen LogP contribution is -2.10. The van der Waals surface area contributed by atoms with Gasteiger partial charge in [-0.25, -0.2) is 0 Å². The van der Waals surface area contributed by atoms with Crippen LogP contribution < -0.4 is 10.1 Å². The second kappa shape index (κ2) is 5.66. The first-order valence-corrected chi connectivity index (χ1v) is 4.57. The van der Waals surface area contributed by atoms with Crippen LogP contribution in [0, 0.1) is 11.3 Å². The fourth-order valence-corrected chi connectivity index (χ4v) is 1.07. The first-order valence-electron chi connectivity index (χ1n) is 4.57. The standard InChI is InChI=1S/C11H12N2O2/c1-15-10-6-4-9(5-7-10)13-11(14)3-2-8-12/h4-7H,2-3H2,1H3,(H,13,14). The van der Waals surface area contributed by atoms with Crippen LogP contribution in [0.4, 0.5) is 5.69 Å². The second-order valence-electron chi connectivity index (χ2n) is 2.93. The van der Waals surface area contributed by atoms with Gasteiger partial charge in [-0.15, -0.1) is 0 Å².